The van der Waals surface area contributed by atoms with Crippen LogP contribution in [0.15, 0.2) is 156 Å². The molecule has 43 heavy (non-hydrogen) atoms. The van der Waals surface area contributed by atoms with Gasteiger partial charge in [0, 0.05) is 48.4 Å². The summed E-state index contributed by atoms with van der Waals surface area (Å²) in [6.45, 7) is 0. The zero-order valence-electron chi connectivity index (χ0n) is 23.2. The Morgan fingerprint density at radius 2 is 1.14 bits per heavy atom. The number of fused-ring (bicyclic) bond motifs is 7. The van der Waals surface area contributed by atoms with Gasteiger partial charge in [0.05, 0.1) is 5.69 Å². The average Bonchev–Trinajstić information content (AvgIpc) is 3.63. The van der Waals surface area contributed by atoms with Gasteiger partial charge in [-0.25, -0.2) is 0 Å². The van der Waals surface area contributed by atoms with Crippen LogP contribution in [0.5, 0.6) is 0 Å². The average molecular weight is 568 g/mol. The molecule has 0 aliphatic carbocycles. The van der Waals surface area contributed by atoms with Crippen molar-refractivity contribution in [3.8, 4) is 11.1 Å². The minimum atomic E-state index is 0.888. The van der Waals surface area contributed by atoms with Crippen molar-refractivity contribution in [3.05, 3.63) is 152 Å². The number of hydrogen-bond donors (Lipinski definition) is 0. The predicted molar refractivity (Wildman–Crippen MR) is 184 cm³/mol. The molecule has 0 saturated heterocycles. The molecule has 0 radical (unpaired) electrons. The van der Waals surface area contributed by atoms with Gasteiger partial charge in [0.2, 0.25) is 0 Å². The highest BCUT2D eigenvalue weighted by Crippen LogP contribution is 2.46. The van der Waals surface area contributed by atoms with E-state index in [1.165, 1.54) is 42.1 Å². The van der Waals surface area contributed by atoms with Gasteiger partial charge < -0.3 is 9.32 Å². The van der Waals surface area contributed by atoms with Gasteiger partial charge in [0.15, 0.2) is 0 Å². The fraction of sp³-hybridized carbons (Fsp3) is 0. The van der Waals surface area contributed by atoms with E-state index in [1.54, 1.807) is 0 Å². The van der Waals surface area contributed by atoms with Gasteiger partial charge in [0.1, 0.15) is 11.2 Å². The molecule has 0 aliphatic heterocycles. The second-order valence-electron chi connectivity index (χ2n) is 11.0. The van der Waals surface area contributed by atoms with E-state index < -0.39 is 0 Å². The molecule has 2 aromatic heterocycles. The highest BCUT2D eigenvalue weighted by atomic mass is 32.1. The van der Waals surface area contributed by atoms with Crippen molar-refractivity contribution in [2.75, 3.05) is 4.90 Å². The Morgan fingerprint density at radius 3 is 2.07 bits per heavy atom. The standard InChI is InChI=1S/C40H25NOS/c1-2-9-26(10-3-1)27-17-18-29-24-30(20-19-28(29)23-27)41(31-21-22-33-32-11-4-6-14-36(32)42-37(33)25-31)35-13-8-16-39-40(35)34-12-5-7-15-38(34)43-39/h1-25H. The van der Waals surface area contributed by atoms with Crippen molar-refractivity contribution in [3.63, 3.8) is 0 Å². The molecule has 0 N–H and O–H groups in total. The van der Waals surface area contributed by atoms with Crippen molar-refractivity contribution in [2.24, 2.45) is 0 Å². The summed E-state index contributed by atoms with van der Waals surface area (Å²) < 4.78 is 8.93. The number of hydrogen-bond acceptors (Lipinski definition) is 3. The molecule has 202 valence electrons. The van der Waals surface area contributed by atoms with Crippen molar-refractivity contribution < 1.29 is 4.42 Å². The fourth-order valence-corrected chi connectivity index (χ4v) is 7.53. The molecular weight excluding hydrogens is 543 g/mol. The van der Waals surface area contributed by atoms with Crippen LogP contribution in [0.25, 0.3) is 64.0 Å². The van der Waals surface area contributed by atoms with Crippen LogP contribution >= 0.6 is 11.3 Å². The Bertz CT molecular complexity index is 2470. The highest BCUT2D eigenvalue weighted by Gasteiger charge is 2.20. The molecular formula is C40H25NOS. The van der Waals surface area contributed by atoms with Crippen LogP contribution in [0.3, 0.4) is 0 Å². The number of rotatable bonds is 4. The lowest BCUT2D eigenvalue weighted by molar-refractivity contribution is 0.669. The Labute approximate surface area is 252 Å². The van der Waals surface area contributed by atoms with Crippen molar-refractivity contribution in [2.45, 2.75) is 0 Å². The van der Waals surface area contributed by atoms with Crippen LogP contribution in [0, 0.1) is 0 Å². The molecule has 0 saturated carbocycles. The number of para-hydroxylation sites is 1. The van der Waals surface area contributed by atoms with Crippen molar-refractivity contribution >= 4 is 81.3 Å². The quantitative estimate of drug-likeness (QED) is 0.210. The summed E-state index contributed by atoms with van der Waals surface area (Å²) in [5, 5.41) is 7.24. The van der Waals surface area contributed by atoms with Gasteiger partial charge in [-0.05, 0) is 76.5 Å². The molecule has 2 heterocycles. The summed E-state index contributed by atoms with van der Waals surface area (Å²) in [7, 11) is 0. The SMILES string of the molecule is c1ccc(-c2ccc3cc(N(c4ccc5c(c4)oc4ccccc45)c4cccc5sc6ccccc6c45)ccc3c2)cc1. The van der Waals surface area contributed by atoms with E-state index in [0.29, 0.717) is 0 Å². The van der Waals surface area contributed by atoms with E-state index in [9.17, 15) is 0 Å². The maximum atomic E-state index is 6.36. The summed E-state index contributed by atoms with van der Waals surface area (Å²) in [4.78, 5) is 2.39. The summed E-state index contributed by atoms with van der Waals surface area (Å²) in [5.41, 5.74) is 7.58. The molecule has 0 fully saturated rings. The van der Waals surface area contributed by atoms with E-state index in [4.69, 9.17) is 4.42 Å². The Kier molecular flexibility index (Phi) is 5.40. The molecule has 0 unspecified atom stereocenters. The summed E-state index contributed by atoms with van der Waals surface area (Å²) in [5.74, 6) is 0. The smallest absolute Gasteiger partial charge is 0.137 e. The third-order valence-electron chi connectivity index (χ3n) is 8.43. The first-order chi connectivity index (χ1) is 21.3. The van der Waals surface area contributed by atoms with E-state index >= 15 is 0 Å². The number of benzene rings is 7. The fourth-order valence-electron chi connectivity index (χ4n) is 6.41. The monoisotopic (exact) mass is 567 g/mol. The molecule has 0 aliphatic rings. The van der Waals surface area contributed by atoms with Gasteiger partial charge in [-0.2, -0.15) is 0 Å². The van der Waals surface area contributed by atoms with Crippen molar-refractivity contribution in [1.82, 2.24) is 0 Å². The predicted octanol–water partition coefficient (Wildman–Crippen LogP) is 12.2. The van der Waals surface area contributed by atoms with E-state index in [2.05, 4.69) is 144 Å². The number of thiophene rings is 1. The maximum absolute atomic E-state index is 6.36. The Morgan fingerprint density at radius 1 is 0.442 bits per heavy atom. The van der Waals surface area contributed by atoms with E-state index in [0.717, 1.165) is 39.0 Å². The lowest BCUT2D eigenvalue weighted by Gasteiger charge is -2.27. The first-order valence-corrected chi connectivity index (χ1v) is 15.3. The Balaban J connectivity index is 1.28. The number of anilines is 3. The molecule has 2 nitrogen and oxygen atoms in total. The first kappa shape index (κ1) is 24.2. The lowest BCUT2D eigenvalue weighted by atomic mass is 10.0. The van der Waals surface area contributed by atoms with Gasteiger partial charge in [-0.15, -0.1) is 11.3 Å². The molecule has 9 rings (SSSR count). The van der Waals surface area contributed by atoms with Gasteiger partial charge in [0.25, 0.3) is 0 Å². The van der Waals surface area contributed by atoms with Crippen molar-refractivity contribution in [1.29, 1.82) is 0 Å². The molecule has 0 amide bonds. The maximum Gasteiger partial charge on any atom is 0.137 e. The van der Waals surface area contributed by atoms with Crippen LogP contribution in [0.1, 0.15) is 0 Å². The second kappa shape index (κ2) is 9.59. The normalized spacial score (nSPS) is 11.7. The first-order valence-electron chi connectivity index (χ1n) is 14.5. The van der Waals surface area contributed by atoms with Crippen LogP contribution in [-0.4, -0.2) is 0 Å². The van der Waals surface area contributed by atoms with Gasteiger partial charge in [-0.3, -0.25) is 0 Å². The molecule has 0 atom stereocenters. The Hall–Kier alpha value is -5.38. The molecule has 0 bridgehead atoms. The topological polar surface area (TPSA) is 16.4 Å². The lowest BCUT2D eigenvalue weighted by Crippen LogP contribution is -2.10. The van der Waals surface area contributed by atoms with Crippen LogP contribution in [0.4, 0.5) is 17.1 Å². The largest absolute Gasteiger partial charge is 0.456 e. The van der Waals surface area contributed by atoms with Gasteiger partial charge >= 0.3 is 0 Å². The molecule has 7 aromatic carbocycles. The van der Waals surface area contributed by atoms with E-state index in [1.807, 2.05) is 23.5 Å². The minimum absolute atomic E-state index is 0.888. The van der Waals surface area contributed by atoms with Crippen LogP contribution in [0.2, 0.25) is 0 Å². The molecule has 3 heteroatoms. The third-order valence-corrected chi connectivity index (χ3v) is 9.57. The van der Waals surface area contributed by atoms with Gasteiger partial charge in [-0.1, -0.05) is 91.0 Å². The van der Waals surface area contributed by atoms with E-state index in [-0.39, 0.29) is 0 Å². The number of furan rings is 1. The van der Waals surface area contributed by atoms with Crippen LogP contribution < -0.4 is 4.90 Å². The second-order valence-corrected chi connectivity index (χ2v) is 12.1. The summed E-state index contributed by atoms with van der Waals surface area (Å²) >= 11 is 1.85. The number of nitrogens with zero attached hydrogens (tertiary/aromatic N) is 1. The molecule has 9 aromatic rings. The zero-order valence-corrected chi connectivity index (χ0v) is 24.0. The highest BCUT2D eigenvalue weighted by molar-refractivity contribution is 7.26. The zero-order chi connectivity index (χ0) is 28.3. The summed E-state index contributed by atoms with van der Waals surface area (Å²) in [6.07, 6.45) is 0. The minimum Gasteiger partial charge on any atom is -0.456 e. The van der Waals surface area contributed by atoms with Crippen LogP contribution in [-0.2, 0) is 0 Å². The molecule has 0 spiro atoms. The summed E-state index contributed by atoms with van der Waals surface area (Å²) in [6, 6.07) is 54.3. The third kappa shape index (κ3) is 3.93.